The van der Waals surface area contributed by atoms with E-state index in [0.29, 0.717) is 31.0 Å². The number of fused-ring (bicyclic) bond motifs is 1. The molecule has 6 nitrogen and oxygen atoms in total. The highest BCUT2D eigenvalue weighted by molar-refractivity contribution is 6.76. The second-order valence-electron chi connectivity index (χ2n) is 7.72. The van der Waals surface area contributed by atoms with E-state index < -0.39 is 13.7 Å². The van der Waals surface area contributed by atoms with E-state index in [4.69, 9.17) is 9.47 Å². The lowest BCUT2D eigenvalue weighted by Gasteiger charge is -2.39. The summed E-state index contributed by atoms with van der Waals surface area (Å²) in [5.41, 5.74) is -1.07. The Hall–Kier alpha value is -1.73. The molecule has 1 spiro atoms. The SMILES string of the molecule is C[Si](C)(C)CCOCN1C(=O)C2(CCC(=O)C2)Oc2cccnc21. The molecular formula is C17H24N2O4Si. The lowest BCUT2D eigenvalue weighted by atomic mass is 9.98. The standard InChI is InChI=1S/C17H24N2O4Si/c1-24(2,3)10-9-22-12-19-15-14(5-4-8-18-15)23-17(16(19)21)7-6-13(20)11-17/h4-5,8H,6-7,9-12H2,1-3H3. The van der Waals surface area contributed by atoms with Crippen LogP contribution in [0.15, 0.2) is 18.3 Å². The second-order valence-corrected chi connectivity index (χ2v) is 13.3. The number of Topliss-reactive ketones (excluding diaryl/α,β-unsaturated/α-hetero) is 1. The van der Waals surface area contributed by atoms with E-state index in [1.165, 1.54) is 4.90 Å². The van der Waals surface area contributed by atoms with Gasteiger partial charge in [-0.15, -0.1) is 0 Å². The van der Waals surface area contributed by atoms with Gasteiger partial charge in [0.2, 0.25) is 0 Å². The van der Waals surface area contributed by atoms with E-state index in [9.17, 15) is 9.59 Å². The third-order valence-electron chi connectivity index (χ3n) is 4.45. The van der Waals surface area contributed by atoms with Crippen molar-refractivity contribution < 1.29 is 19.1 Å². The van der Waals surface area contributed by atoms with Crippen molar-refractivity contribution >= 4 is 25.6 Å². The molecule has 0 aromatic carbocycles. The lowest BCUT2D eigenvalue weighted by molar-refractivity contribution is -0.138. The van der Waals surface area contributed by atoms with Crippen molar-refractivity contribution in [1.29, 1.82) is 0 Å². The molecule has 1 aromatic rings. The predicted octanol–water partition coefficient (Wildman–Crippen LogP) is 2.61. The van der Waals surface area contributed by atoms with Crippen LogP contribution < -0.4 is 9.64 Å². The minimum absolute atomic E-state index is 0.0651. The fourth-order valence-electron chi connectivity index (χ4n) is 3.02. The van der Waals surface area contributed by atoms with Gasteiger partial charge in [0.25, 0.3) is 5.91 Å². The molecule has 1 saturated carbocycles. The van der Waals surface area contributed by atoms with Gasteiger partial charge in [0.1, 0.15) is 12.5 Å². The number of nitrogens with zero attached hydrogens (tertiary/aromatic N) is 2. The zero-order valence-corrected chi connectivity index (χ0v) is 15.5. The highest BCUT2D eigenvalue weighted by atomic mass is 28.3. The molecule has 130 valence electrons. The van der Waals surface area contributed by atoms with Crippen LogP contribution in [0.4, 0.5) is 5.82 Å². The molecule has 1 aliphatic carbocycles. The molecule has 1 amide bonds. The van der Waals surface area contributed by atoms with Gasteiger partial charge in [-0.25, -0.2) is 4.98 Å². The Kier molecular flexibility index (Phi) is 4.48. The Morgan fingerprint density at radius 3 is 2.83 bits per heavy atom. The quantitative estimate of drug-likeness (QED) is 0.604. The van der Waals surface area contributed by atoms with Gasteiger partial charge in [-0.3, -0.25) is 14.5 Å². The van der Waals surface area contributed by atoms with Crippen LogP contribution in [0, 0.1) is 0 Å². The number of anilines is 1. The maximum atomic E-state index is 13.0. The van der Waals surface area contributed by atoms with Crippen molar-refractivity contribution in [2.75, 3.05) is 18.2 Å². The minimum atomic E-state index is -1.19. The lowest BCUT2D eigenvalue weighted by Crippen LogP contribution is -2.55. The van der Waals surface area contributed by atoms with Crippen LogP contribution in [0.3, 0.4) is 0 Å². The number of pyridine rings is 1. The van der Waals surface area contributed by atoms with E-state index in [-0.39, 0.29) is 24.8 Å². The van der Waals surface area contributed by atoms with Gasteiger partial charge in [-0.1, -0.05) is 19.6 Å². The van der Waals surface area contributed by atoms with E-state index in [2.05, 4.69) is 24.6 Å². The Morgan fingerprint density at radius 2 is 2.17 bits per heavy atom. The van der Waals surface area contributed by atoms with Gasteiger partial charge in [-0.2, -0.15) is 0 Å². The molecule has 0 N–H and O–H groups in total. The van der Waals surface area contributed by atoms with Crippen molar-refractivity contribution in [1.82, 2.24) is 4.98 Å². The summed E-state index contributed by atoms with van der Waals surface area (Å²) in [6, 6.07) is 4.59. The normalized spacial score (nSPS) is 23.5. The van der Waals surface area contributed by atoms with Crippen molar-refractivity contribution in [3.8, 4) is 5.75 Å². The van der Waals surface area contributed by atoms with Crippen molar-refractivity contribution in [3.05, 3.63) is 18.3 Å². The number of aromatic nitrogens is 1. The van der Waals surface area contributed by atoms with E-state index in [0.717, 1.165) is 6.04 Å². The Balaban J connectivity index is 1.78. The Morgan fingerprint density at radius 1 is 1.38 bits per heavy atom. The van der Waals surface area contributed by atoms with Crippen LogP contribution in [-0.2, 0) is 14.3 Å². The monoisotopic (exact) mass is 348 g/mol. The van der Waals surface area contributed by atoms with Crippen LogP contribution in [0.5, 0.6) is 5.75 Å². The fourth-order valence-corrected chi connectivity index (χ4v) is 3.78. The third kappa shape index (κ3) is 3.37. The maximum Gasteiger partial charge on any atom is 0.274 e. The number of ether oxygens (including phenoxy) is 2. The first-order valence-corrected chi connectivity index (χ1v) is 12.1. The molecule has 1 atom stereocenters. The number of amides is 1. The zero-order valence-electron chi connectivity index (χ0n) is 14.5. The topological polar surface area (TPSA) is 68.7 Å². The summed E-state index contributed by atoms with van der Waals surface area (Å²) in [5, 5.41) is 0. The van der Waals surface area contributed by atoms with Crippen molar-refractivity contribution in [2.45, 2.75) is 50.5 Å². The summed E-state index contributed by atoms with van der Waals surface area (Å²) >= 11 is 0. The molecule has 24 heavy (non-hydrogen) atoms. The third-order valence-corrected chi connectivity index (χ3v) is 6.16. The fraction of sp³-hybridized carbons (Fsp3) is 0.588. The van der Waals surface area contributed by atoms with Crippen LogP contribution in [0.1, 0.15) is 19.3 Å². The number of hydrogen-bond acceptors (Lipinski definition) is 5. The molecule has 1 aromatic heterocycles. The summed E-state index contributed by atoms with van der Waals surface area (Å²) in [6.45, 7) is 7.62. The van der Waals surface area contributed by atoms with Gasteiger partial charge in [0, 0.05) is 33.7 Å². The first-order chi connectivity index (χ1) is 11.3. The van der Waals surface area contributed by atoms with E-state index in [1.54, 1.807) is 18.3 Å². The molecule has 0 bridgehead atoms. The number of ketones is 1. The maximum absolute atomic E-state index is 13.0. The minimum Gasteiger partial charge on any atom is -0.473 e. The predicted molar refractivity (Wildman–Crippen MR) is 92.9 cm³/mol. The van der Waals surface area contributed by atoms with Gasteiger partial charge >= 0.3 is 0 Å². The summed E-state index contributed by atoms with van der Waals surface area (Å²) in [7, 11) is -1.19. The first-order valence-electron chi connectivity index (χ1n) is 8.36. The van der Waals surface area contributed by atoms with Crippen molar-refractivity contribution in [3.63, 3.8) is 0 Å². The molecular weight excluding hydrogens is 324 g/mol. The zero-order chi connectivity index (χ0) is 17.4. The molecule has 0 saturated heterocycles. The number of carbonyl (C=O) groups is 2. The highest BCUT2D eigenvalue weighted by Gasteiger charge is 2.53. The number of hydrogen-bond donors (Lipinski definition) is 0. The highest BCUT2D eigenvalue weighted by Crippen LogP contribution is 2.42. The van der Waals surface area contributed by atoms with Gasteiger partial charge in [0.15, 0.2) is 17.2 Å². The number of rotatable bonds is 5. The second kappa shape index (κ2) is 6.29. The van der Waals surface area contributed by atoms with Gasteiger partial charge in [0.05, 0.1) is 6.42 Å². The molecule has 3 rings (SSSR count). The molecule has 1 aliphatic heterocycles. The van der Waals surface area contributed by atoms with Crippen LogP contribution in [0.25, 0.3) is 0 Å². The van der Waals surface area contributed by atoms with Gasteiger partial charge in [-0.05, 0) is 18.2 Å². The molecule has 2 heterocycles. The van der Waals surface area contributed by atoms with E-state index in [1.807, 2.05) is 0 Å². The Labute approximate surface area is 143 Å². The van der Waals surface area contributed by atoms with E-state index >= 15 is 0 Å². The van der Waals surface area contributed by atoms with Gasteiger partial charge < -0.3 is 9.47 Å². The van der Waals surface area contributed by atoms with Crippen LogP contribution in [0.2, 0.25) is 25.7 Å². The summed E-state index contributed by atoms with van der Waals surface area (Å²) in [5.74, 6) is 0.865. The average molecular weight is 348 g/mol. The first kappa shape index (κ1) is 17.1. The largest absolute Gasteiger partial charge is 0.473 e. The van der Waals surface area contributed by atoms with Crippen LogP contribution in [-0.4, -0.2) is 43.7 Å². The molecule has 1 unspecified atom stereocenters. The molecule has 2 aliphatic rings. The Bertz CT molecular complexity index is 658. The average Bonchev–Trinajstić information content (AvgIpc) is 2.88. The number of carbonyl (C=O) groups excluding carboxylic acids is 2. The molecule has 0 radical (unpaired) electrons. The molecule has 7 heteroatoms. The molecule has 1 fully saturated rings. The van der Waals surface area contributed by atoms with Crippen LogP contribution >= 0.6 is 0 Å². The summed E-state index contributed by atoms with van der Waals surface area (Å²) in [4.78, 5) is 30.6. The van der Waals surface area contributed by atoms with Crippen molar-refractivity contribution in [2.24, 2.45) is 0 Å². The smallest absolute Gasteiger partial charge is 0.274 e. The summed E-state index contributed by atoms with van der Waals surface area (Å²) < 4.78 is 11.7. The summed E-state index contributed by atoms with van der Waals surface area (Å²) in [6.07, 6.45) is 2.56.